The van der Waals surface area contributed by atoms with Gasteiger partial charge in [0.2, 0.25) is 0 Å². The zero-order chi connectivity index (χ0) is 13.2. The molecule has 1 saturated heterocycles. The molecule has 19 heavy (non-hydrogen) atoms. The summed E-state index contributed by atoms with van der Waals surface area (Å²) in [6.45, 7) is 1.79. The summed E-state index contributed by atoms with van der Waals surface area (Å²) in [5.74, 6) is 0.123. The first-order chi connectivity index (χ1) is 9.09. The minimum absolute atomic E-state index is 0.133. The third-order valence-electron chi connectivity index (χ3n) is 3.83. The highest BCUT2D eigenvalue weighted by Crippen LogP contribution is 2.49. The Morgan fingerprint density at radius 2 is 2.00 bits per heavy atom. The van der Waals surface area contributed by atoms with Crippen LogP contribution in [0.5, 0.6) is 5.75 Å². The number of carbonyl (C=O) groups excluding carboxylic acids is 1. The molecule has 0 radical (unpaired) electrons. The maximum absolute atomic E-state index is 12.2. The Morgan fingerprint density at radius 3 is 2.84 bits per heavy atom. The van der Waals surface area contributed by atoms with Gasteiger partial charge < -0.3 is 13.9 Å². The average molecular weight is 258 g/mol. The van der Waals surface area contributed by atoms with Crippen LogP contribution in [-0.2, 0) is 14.9 Å². The highest BCUT2D eigenvalue weighted by Gasteiger charge is 2.57. The van der Waals surface area contributed by atoms with E-state index in [1.54, 1.807) is 19.1 Å². The Balaban J connectivity index is 2.09. The molecule has 0 N–H and O–H groups in total. The van der Waals surface area contributed by atoms with Gasteiger partial charge in [0.05, 0.1) is 22.8 Å². The highest BCUT2D eigenvalue weighted by atomic mass is 16.7. The predicted molar refractivity (Wildman–Crippen MR) is 65.0 cm³/mol. The standard InChI is InChI=1S/C14H10O5/c1-14-6-9(15)18-13(14)19-11-7-4-2-3-5-8(7)17-12(16)10(11)14/h2-5,13H,6H2,1H3/t13-,14+/m1/s1. The first kappa shape index (κ1) is 10.6. The molecule has 2 aromatic rings. The van der Waals surface area contributed by atoms with E-state index in [4.69, 9.17) is 13.9 Å². The zero-order valence-electron chi connectivity index (χ0n) is 10.1. The molecule has 4 rings (SSSR count). The fraction of sp³-hybridized carbons (Fsp3) is 0.286. The van der Waals surface area contributed by atoms with Crippen molar-refractivity contribution in [2.45, 2.75) is 25.0 Å². The lowest BCUT2D eigenvalue weighted by molar-refractivity contribution is -0.151. The summed E-state index contributed by atoms with van der Waals surface area (Å²) in [7, 11) is 0. The molecule has 0 amide bonds. The second-order valence-corrected chi connectivity index (χ2v) is 5.12. The van der Waals surface area contributed by atoms with Crippen molar-refractivity contribution in [3.63, 3.8) is 0 Å². The molecule has 0 bridgehead atoms. The van der Waals surface area contributed by atoms with Gasteiger partial charge in [-0.15, -0.1) is 0 Å². The van der Waals surface area contributed by atoms with Gasteiger partial charge in [-0.3, -0.25) is 4.79 Å². The van der Waals surface area contributed by atoms with Crippen LogP contribution < -0.4 is 10.4 Å². The fourth-order valence-corrected chi connectivity index (χ4v) is 2.88. The minimum atomic E-state index is -0.753. The molecule has 2 aliphatic heterocycles. The fourth-order valence-electron chi connectivity index (χ4n) is 2.88. The first-order valence-electron chi connectivity index (χ1n) is 6.02. The van der Waals surface area contributed by atoms with E-state index in [1.165, 1.54) is 0 Å². The summed E-state index contributed by atoms with van der Waals surface area (Å²) >= 11 is 0. The number of benzene rings is 1. The topological polar surface area (TPSA) is 65.7 Å². The molecule has 0 unspecified atom stereocenters. The third kappa shape index (κ3) is 1.19. The average Bonchev–Trinajstić information content (AvgIpc) is 2.78. The Hall–Kier alpha value is -2.30. The van der Waals surface area contributed by atoms with Crippen LogP contribution in [0.3, 0.4) is 0 Å². The van der Waals surface area contributed by atoms with E-state index >= 15 is 0 Å². The lowest BCUT2D eigenvalue weighted by Crippen LogP contribution is -2.33. The number of hydrogen-bond donors (Lipinski definition) is 0. The number of rotatable bonds is 0. The summed E-state index contributed by atoms with van der Waals surface area (Å²) < 4.78 is 16.1. The molecule has 2 aliphatic rings. The van der Waals surface area contributed by atoms with Crippen LogP contribution in [0.4, 0.5) is 0 Å². The number of para-hydroxylation sites is 1. The van der Waals surface area contributed by atoms with Gasteiger partial charge in [0.15, 0.2) is 0 Å². The van der Waals surface area contributed by atoms with E-state index in [0.717, 1.165) is 5.39 Å². The zero-order valence-corrected chi connectivity index (χ0v) is 10.1. The number of fused-ring (bicyclic) bond motifs is 5. The van der Waals surface area contributed by atoms with Crippen molar-refractivity contribution in [1.29, 1.82) is 0 Å². The van der Waals surface area contributed by atoms with Gasteiger partial charge in [0.25, 0.3) is 6.29 Å². The predicted octanol–water partition coefficient (Wildman–Crippen LogP) is 1.72. The van der Waals surface area contributed by atoms with Crippen LogP contribution in [0, 0.1) is 0 Å². The van der Waals surface area contributed by atoms with Gasteiger partial charge in [-0.2, -0.15) is 0 Å². The second kappa shape index (κ2) is 3.17. The van der Waals surface area contributed by atoms with Crippen LogP contribution in [-0.4, -0.2) is 12.3 Å². The maximum Gasteiger partial charge on any atom is 0.344 e. The molecule has 5 heteroatoms. The van der Waals surface area contributed by atoms with Crippen molar-refractivity contribution in [2.24, 2.45) is 0 Å². The Bertz CT molecular complexity index is 775. The summed E-state index contributed by atoms with van der Waals surface area (Å²) in [6, 6.07) is 7.16. The first-order valence-corrected chi connectivity index (χ1v) is 6.02. The van der Waals surface area contributed by atoms with E-state index in [0.29, 0.717) is 16.9 Å². The summed E-state index contributed by atoms with van der Waals surface area (Å²) in [5.41, 5.74) is -0.336. The van der Waals surface area contributed by atoms with Gasteiger partial charge in [0.1, 0.15) is 11.3 Å². The summed E-state index contributed by atoms with van der Waals surface area (Å²) in [6.07, 6.45) is -0.600. The third-order valence-corrected chi connectivity index (χ3v) is 3.83. The number of esters is 1. The van der Waals surface area contributed by atoms with Crippen molar-refractivity contribution in [3.05, 3.63) is 40.2 Å². The largest absolute Gasteiger partial charge is 0.452 e. The Morgan fingerprint density at radius 1 is 1.21 bits per heavy atom. The number of carbonyl (C=O) groups is 1. The SMILES string of the molecule is C[C@@]12CC(=O)O[C@@H]1Oc1c2c(=O)oc2ccccc12. The number of hydrogen-bond acceptors (Lipinski definition) is 5. The van der Waals surface area contributed by atoms with Gasteiger partial charge >= 0.3 is 11.6 Å². The van der Waals surface area contributed by atoms with E-state index in [-0.39, 0.29) is 12.4 Å². The van der Waals surface area contributed by atoms with Crippen molar-refractivity contribution in [3.8, 4) is 5.75 Å². The molecule has 0 spiro atoms. The van der Waals surface area contributed by atoms with Gasteiger partial charge in [-0.25, -0.2) is 4.79 Å². The van der Waals surface area contributed by atoms with Gasteiger partial charge in [-0.05, 0) is 19.1 Å². The lowest BCUT2D eigenvalue weighted by Gasteiger charge is -2.16. The van der Waals surface area contributed by atoms with E-state index < -0.39 is 17.3 Å². The Kier molecular flexibility index (Phi) is 1.77. The van der Waals surface area contributed by atoms with Crippen LogP contribution in [0.2, 0.25) is 0 Å². The van der Waals surface area contributed by atoms with Crippen molar-refractivity contribution in [2.75, 3.05) is 0 Å². The van der Waals surface area contributed by atoms with Crippen molar-refractivity contribution < 1.29 is 18.7 Å². The molecular weight excluding hydrogens is 248 g/mol. The quantitative estimate of drug-likeness (QED) is 0.531. The smallest absolute Gasteiger partial charge is 0.344 e. The maximum atomic E-state index is 12.2. The molecule has 0 aliphatic carbocycles. The molecular formula is C14H10O5. The molecule has 1 aromatic carbocycles. The normalized spacial score (nSPS) is 27.8. The van der Waals surface area contributed by atoms with Crippen LogP contribution in [0.15, 0.2) is 33.5 Å². The van der Waals surface area contributed by atoms with Crippen molar-refractivity contribution in [1.82, 2.24) is 0 Å². The molecule has 1 fully saturated rings. The van der Waals surface area contributed by atoms with E-state index in [9.17, 15) is 9.59 Å². The summed E-state index contributed by atoms with van der Waals surface area (Å²) in [5, 5.41) is 0.726. The minimum Gasteiger partial charge on any atom is -0.452 e. The second-order valence-electron chi connectivity index (χ2n) is 5.12. The van der Waals surface area contributed by atoms with Gasteiger partial charge in [0, 0.05) is 0 Å². The van der Waals surface area contributed by atoms with Crippen LogP contribution in [0.25, 0.3) is 11.0 Å². The lowest BCUT2D eigenvalue weighted by atomic mass is 9.82. The van der Waals surface area contributed by atoms with E-state index in [2.05, 4.69) is 0 Å². The molecule has 5 nitrogen and oxygen atoms in total. The highest BCUT2D eigenvalue weighted by molar-refractivity contribution is 5.87. The van der Waals surface area contributed by atoms with Gasteiger partial charge in [-0.1, -0.05) is 12.1 Å². The molecule has 3 heterocycles. The molecule has 1 aromatic heterocycles. The molecule has 2 atom stereocenters. The van der Waals surface area contributed by atoms with Crippen LogP contribution >= 0.6 is 0 Å². The van der Waals surface area contributed by atoms with Crippen LogP contribution in [0.1, 0.15) is 18.9 Å². The Labute approximate surface area is 107 Å². The number of ether oxygens (including phenoxy) is 2. The summed E-state index contributed by atoms with van der Waals surface area (Å²) in [4.78, 5) is 23.6. The monoisotopic (exact) mass is 258 g/mol. The molecule has 0 saturated carbocycles. The van der Waals surface area contributed by atoms with E-state index in [1.807, 2.05) is 12.1 Å². The molecule has 96 valence electrons. The van der Waals surface area contributed by atoms with Crippen molar-refractivity contribution >= 4 is 16.9 Å².